The number of fused-ring (bicyclic) bond motifs is 2. The van der Waals surface area contributed by atoms with Crippen LogP contribution in [0.2, 0.25) is 0 Å². The van der Waals surface area contributed by atoms with E-state index in [1.807, 2.05) is 0 Å². The maximum Gasteiger partial charge on any atom is 0.123 e. The molecule has 1 heterocycles. The van der Waals surface area contributed by atoms with Gasteiger partial charge in [0, 0.05) is 20.5 Å². The van der Waals surface area contributed by atoms with Crippen LogP contribution in [0.3, 0.4) is 0 Å². The molecule has 110 valence electrons. The van der Waals surface area contributed by atoms with E-state index in [9.17, 15) is 0 Å². The maximum absolute atomic E-state index is 6.52. The van der Waals surface area contributed by atoms with E-state index >= 15 is 0 Å². The van der Waals surface area contributed by atoms with E-state index in [1.54, 1.807) is 0 Å². The van der Waals surface area contributed by atoms with Crippen molar-refractivity contribution in [3.05, 3.63) is 28.2 Å². The minimum Gasteiger partial charge on any atom is -0.486 e. The van der Waals surface area contributed by atoms with Crippen LogP contribution in [-0.4, -0.2) is 15.8 Å². The number of benzene rings is 1. The topological polar surface area (TPSA) is 9.23 Å². The number of hydrogen-bond acceptors (Lipinski definition) is 1. The molecule has 0 radical (unpaired) electrons. The molecule has 0 bridgehead atoms. The van der Waals surface area contributed by atoms with Gasteiger partial charge >= 0.3 is 0 Å². The van der Waals surface area contributed by atoms with Crippen molar-refractivity contribution in [2.75, 3.05) is 5.33 Å². The van der Waals surface area contributed by atoms with Crippen molar-refractivity contribution in [2.45, 2.75) is 43.5 Å². The molecule has 0 spiro atoms. The van der Waals surface area contributed by atoms with Gasteiger partial charge in [-0.25, -0.2) is 0 Å². The largest absolute Gasteiger partial charge is 0.486 e. The maximum atomic E-state index is 6.52. The summed E-state index contributed by atoms with van der Waals surface area (Å²) < 4.78 is 7.66. The van der Waals surface area contributed by atoms with Crippen molar-refractivity contribution < 1.29 is 4.74 Å². The first-order valence-corrected chi connectivity index (χ1v) is 9.89. The number of alkyl halides is 2. The van der Waals surface area contributed by atoms with Gasteiger partial charge in [-0.3, -0.25) is 0 Å². The Labute approximate surface area is 146 Å². The zero-order valence-electron chi connectivity index (χ0n) is 11.8. The summed E-state index contributed by atoms with van der Waals surface area (Å²) >= 11 is 11.2. The van der Waals surface area contributed by atoms with Crippen LogP contribution in [0.5, 0.6) is 5.75 Å². The highest BCUT2D eigenvalue weighted by Gasteiger charge is 2.55. The third-order valence-corrected chi connectivity index (χ3v) is 8.23. The first kappa shape index (κ1) is 15.4. The van der Waals surface area contributed by atoms with Gasteiger partial charge in [0.15, 0.2) is 0 Å². The van der Waals surface area contributed by atoms with Crippen LogP contribution in [0.4, 0.5) is 0 Å². The zero-order chi connectivity index (χ0) is 14.5. The lowest BCUT2D eigenvalue weighted by atomic mass is 9.59. The zero-order valence-corrected chi connectivity index (χ0v) is 16.5. The van der Waals surface area contributed by atoms with Gasteiger partial charge < -0.3 is 4.74 Å². The molecule has 0 amide bonds. The Balaban J connectivity index is 2.07. The number of rotatable bonds is 1. The Bertz CT molecular complexity index is 528. The Morgan fingerprint density at radius 1 is 1.35 bits per heavy atom. The summed E-state index contributed by atoms with van der Waals surface area (Å²) in [4.78, 5) is 0.560. The summed E-state index contributed by atoms with van der Waals surface area (Å²) in [5, 5.41) is 0.906. The van der Waals surface area contributed by atoms with Crippen LogP contribution in [0.1, 0.15) is 32.3 Å². The molecule has 1 aromatic carbocycles. The second-order valence-corrected chi connectivity index (χ2v) is 9.22. The van der Waals surface area contributed by atoms with E-state index in [4.69, 9.17) is 4.74 Å². The predicted molar refractivity (Wildman–Crippen MR) is 94.2 cm³/mol. The van der Waals surface area contributed by atoms with Crippen LogP contribution in [0, 0.1) is 11.3 Å². The summed E-state index contributed by atoms with van der Waals surface area (Å²) in [5.74, 6) is 1.59. The number of hydrogen-bond donors (Lipinski definition) is 0. The number of ether oxygens (including phenoxy) is 1. The van der Waals surface area contributed by atoms with E-state index < -0.39 is 0 Å². The Kier molecular flexibility index (Phi) is 4.05. The quantitative estimate of drug-likeness (QED) is 0.481. The van der Waals surface area contributed by atoms with Gasteiger partial charge in [0.25, 0.3) is 0 Å². The molecule has 0 aromatic heterocycles. The van der Waals surface area contributed by atoms with Crippen LogP contribution in [0.15, 0.2) is 22.7 Å². The summed E-state index contributed by atoms with van der Waals surface area (Å²) in [6.45, 7) is 4.75. The highest BCUT2D eigenvalue weighted by Crippen LogP contribution is 2.55. The van der Waals surface area contributed by atoms with Gasteiger partial charge in [-0.05, 0) is 48.4 Å². The van der Waals surface area contributed by atoms with Crippen LogP contribution in [0.25, 0.3) is 0 Å². The second-order valence-electron chi connectivity index (χ2n) is 6.64. The van der Waals surface area contributed by atoms with Crippen molar-refractivity contribution >= 4 is 47.8 Å². The van der Waals surface area contributed by atoms with Gasteiger partial charge in [-0.15, -0.1) is 0 Å². The molecule has 2 aliphatic rings. The van der Waals surface area contributed by atoms with Gasteiger partial charge in [-0.1, -0.05) is 61.6 Å². The Morgan fingerprint density at radius 2 is 2.10 bits per heavy atom. The molecule has 3 rings (SSSR count). The smallest absolute Gasteiger partial charge is 0.123 e. The van der Waals surface area contributed by atoms with Gasteiger partial charge in [0.1, 0.15) is 11.4 Å². The molecule has 1 aliphatic heterocycles. The van der Waals surface area contributed by atoms with E-state index in [-0.39, 0.29) is 11.0 Å². The van der Waals surface area contributed by atoms with Gasteiger partial charge in [0.05, 0.1) is 0 Å². The number of halogens is 3. The standard InChI is InChI=1S/C16H19Br3O/c1-15(2)13-8-10-7-11(18)3-4-12(10)20-16(13,9-17)6-5-14(15)19/h3-4,7,13-14H,5-6,8-9H2,1-2H3. The average Bonchev–Trinajstić information content (AvgIpc) is 2.42. The molecular weight excluding hydrogens is 448 g/mol. The lowest BCUT2D eigenvalue weighted by Crippen LogP contribution is -2.60. The van der Waals surface area contributed by atoms with E-state index in [0.29, 0.717) is 10.7 Å². The van der Waals surface area contributed by atoms with Crippen molar-refractivity contribution in [3.8, 4) is 5.75 Å². The van der Waals surface area contributed by atoms with Gasteiger partial charge in [-0.2, -0.15) is 0 Å². The summed E-state index contributed by atoms with van der Waals surface area (Å²) in [6, 6.07) is 6.39. The molecule has 20 heavy (non-hydrogen) atoms. The third kappa shape index (κ3) is 2.30. The molecule has 1 aromatic rings. The third-order valence-electron chi connectivity index (χ3n) is 5.15. The highest BCUT2D eigenvalue weighted by molar-refractivity contribution is 9.10. The molecule has 4 heteroatoms. The Morgan fingerprint density at radius 3 is 2.80 bits per heavy atom. The second kappa shape index (κ2) is 5.27. The van der Waals surface area contributed by atoms with Crippen LogP contribution >= 0.6 is 47.8 Å². The first-order valence-electron chi connectivity index (χ1n) is 7.06. The van der Waals surface area contributed by atoms with Crippen LogP contribution < -0.4 is 4.74 Å². The molecule has 1 fully saturated rings. The summed E-state index contributed by atoms with van der Waals surface area (Å²) in [7, 11) is 0. The predicted octanol–water partition coefficient (Wildman–Crippen LogP) is 5.72. The molecule has 3 atom stereocenters. The molecule has 3 unspecified atom stereocenters. The molecule has 1 aliphatic carbocycles. The van der Waals surface area contributed by atoms with E-state index in [0.717, 1.165) is 28.4 Å². The lowest BCUT2D eigenvalue weighted by molar-refractivity contribution is -0.0729. The van der Waals surface area contributed by atoms with Crippen molar-refractivity contribution in [3.63, 3.8) is 0 Å². The van der Waals surface area contributed by atoms with Crippen LogP contribution in [-0.2, 0) is 6.42 Å². The highest BCUT2D eigenvalue weighted by atomic mass is 79.9. The van der Waals surface area contributed by atoms with Crippen molar-refractivity contribution in [1.82, 2.24) is 0 Å². The van der Waals surface area contributed by atoms with Crippen molar-refractivity contribution in [1.29, 1.82) is 0 Å². The SMILES string of the molecule is CC1(C)C(Br)CCC2(CBr)Oc3ccc(Br)cc3CC21. The summed E-state index contributed by atoms with van der Waals surface area (Å²) in [6.07, 6.45) is 3.37. The first-order chi connectivity index (χ1) is 9.39. The molecule has 0 N–H and O–H groups in total. The lowest BCUT2D eigenvalue weighted by Gasteiger charge is -2.56. The fourth-order valence-electron chi connectivity index (χ4n) is 3.82. The fraction of sp³-hybridized carbons (Fsp3) is 0.625. The van der Waals surface area contributed by atoms with Gasteiger partial charge in [0.2, 0.25) is 0 Å². The monoisotopic (exact) mass is 464 g/mol. The molecule has 1 saturated carbocycles. The fourth-order valence-corrected chi connectivity index (χ4v) is 5.56. The molecular formula is C16H19Br3O. The Hall–Kier alpha value is 0.460. The molecule has 0 saturated heterocycles. The van der Waals surface area contributed by atoms with Crippen molar-refractivity contribution in [2.24, 2.45) is 11.3 Å². The average molecular weight is 467 g/mol. The minimum absolute atomic E-state index is 0.0609. The summed E-state index contributed by atoms with van der Waals surface area (Å²) in [5.41, 5.74) is 1.50. The van der Waals surface area contributed by atoms with E-state index in [2.05, 4.69) is 79.8 Å². The minimum atomic E-state index is -0.0609. The normalized spacial score (nSPS) is 34.9. The van der Waals surface area contributed by atoms with E-state index in [1.165, 1.54) is 12.0 Å². The molecule has 1 nitrogen and oxygen atoms in total.